The molecule has 0 aliphatic carbocycles. The maximum atomic E-state index is 12.1. The van der Waals surface area contributed by atoms with Gasteiger partial charge in [-0.2, -0.15) is 5.10 Å². The van der Waals surface area contributed by atoms with Crippen molar-refractivity contribution >= 4 is 17.6 Å². The minimum atomic E-state index is -1.12. The molecule has 0 radical (unpaired) electrons. The van der Waals surface area contributed by atoms with Gasteiger partial charge in [-0.1, -0.05) is 12.1 Å². The van der Waals surface area contributed by atoms with Gasteiger partial charge in [-0.05, 0) is 26.0 Å². The van der Waals surface area contributed by atoms with E-state index in [4.69, 9.17) is 5.11 Å². The molecule has 0 bridgehead atoms. The number of amides is 1. The molecule has 2 aromatic rings. The molecule has 0 aliphatic rings. The summed E-state index contributed by atoms with van der Waals surface area (Å²) < 4.78 is 1.51. The first-order valence-electron chi connectivity index (χ1n) is 6.17. The molecule has 2 N–H and O–H groups in total. The molecule has 2 rings (SSSR count). The van der Waals surface area contributed by atoms with E-state index in [1.807, 2.05) is 0 Å². The zero-order valence-electron chi connectivity index (χ0n) is 11.6. The van der Waals surface area contributed by atoms with E-state index in [2.05, 4.69) is 15.4 Å². The Morgan fingerprint density at radius 2 is 1.90 bits per heavy atom. The molecule has 0 atom stereocenters. The second kappa shape index (κ2) is 6.00. The molecule has 0 fully saturated rings. The number of nitrogens with zero attached hydrogens (tertiary/aromatic N) is 3. The Labute approximate surface area is 120 Å². The number of para-hydroxylation sites is 2. The minimum absolute atomic E-state index is 0.00531. The molecule has 7 heteroatoms. The zero-order valence-corrected chi connectivity index (χ0v) is 11.6. The molecule has 0 aliphatic heterocycles. The molecule has 1 aromatic carbocycles. The number of carbonyl (C=O) groups excluding carboxylic acids is 1. The molecule has 21 heavy (non-hydrogen) atoms. The van der Waals surface area contributed by atoms with Gasteiger partial charge in [0.15, 0.2) is 0 Å². The number of hydrogen-bond acceptors (Lipinski definition) is 4. The average Bonchev–Trinajstić information content (AvgIpc) is 3.00. The van der Waals surface area contributed by atoms with Crippen molar-refractivity contribution in [3.8, 4) is 5.69 Å². The fourth-order valence-corrected chi connectivity index (χ4v) is 1.66. The van der Waals surface area contributed by atoms with Gasteiger partial charge in [-0.3, -0.25) is 4.79 Å². The van der Waals surface area contributed by atoms with Gasteiger partial charge >= 0.3 is 5.97 Å². The van der Waals surface area contributed by atoms with Crippen LogP contribution in [0.15, 0.2) is 48.1 Å². The van der Waals surface area contributed by atoms with E-state index in [9.17, 15) is 9.59 Å². The van der Waals surface area contributed by atoms with Crippen LogP contribution in [0.2, 0.25) is 0 Å². The van der Waals surface area contributed by atoms with E-state index in [0.717, 1.165) is 0 Å². The fourth-order valence-electron chi connectivity index (χ4n) is 1.66. The SMILES string of the molecule is CC(C(=O)O)=C(C)C(=O)Nc1ccccc1-n1cncn1. The number of carbonyl (C=O) groups is 2. The van der Waals surface area contributed by atoms with Crippen LogP contribution in [0.5, 0.6) is 0 Å². The van der Waals surface area contributed by atoms with Crippen LogP contribution >= 0.6 is 0 Å². The van der Waals surface area contributed by atoms with Crippen LogP contribution in [0.25, 0.3) is 5.69 Å². The lowest BCUT2D eigenvalue weighted by Crippen LogP contribution is -2.17. The molecule has 1 amide bonds. The lowest BCUT2D eigenvalue weighted by atomic mass is 10.1. The van der Waals surface area contributed by atoms with Crippen molar-refractivity contribution in [2.75, 3.05) is 5.32 Å². The quantitative estimate of drug-likeness (QED) is 0.832. The van der Waals surface area contributed by atoms with Crippen molar-refractivity contribution in [3.05, 3.63) is 48.1 Å². The number of rotatable bonds is 4. The van der Waals surface area contributed by atoms with Gasteiger partial charge in [0.25, 0.3) is 5.91 Å². The molecular weight excluding hydrogens is 272 g/mol. The van der Waals surface area contributed by atoms with Crippen LogP contribution in [0.3, 0.4) is 0 Å². The Kier molecular flexibility index (Phi) is 4.13. The lowest BCUT2D eigenvalue weighted by Gasteiger charge is -2.11. The number of hydrogen-bond donors (Lipinski definition) is 2. The minimum Gasteiger partial charge on any atom is -0.478 e. The molecule has 1 heterocycles. The number of nitrogens with one attached hydrogen (secondary N) is 1. The first kappa shape index (κ1) is 14.4. The largest absolute Gasteiger partial charge is 0.478 e. The Bertz CT molecular complexity index is 705. The van der Waals surface area contributed by atoms with Crippen molar-refractivity contribution in [2.45, 2.75) is 13.8 Å². The third-order valence-electron chi connectivity index (χ3n) is 3.04. The number of carboxylic acid groups (broad SMARTS) is 1. The number of aromatic nitrogens is 3. The third-order valence-corrected chi connectivity index (χ3v) is 3.04. The predicted molar refractivity (Wildman–Crippen MR) is 76.0 cm³/mol. The fraction of sp³-hybridized carbons (Fsp3) is 0.143. The monoisotopic (exact) mass is 286 g/mol. The summed E-state index contributed by atoms with van der Waals surface area (Å²) in [5.74, 6) is -1.59. The van der Waals surface area contributed by atoms with Gasteiger partial charge in [-0.15, -0.1) is 0 Å². The molecule has 1 aromatic heterocycles. The topological polar surface area (TPSA) is 97.1 Å². The number of anilines is 1. The highest BCUT2D eigenvalue weighted by molar-refractivity contribution is 6.08. The first-order chi connectivity index (χ1) is 10.0. The average molecular weight is 286 g/mol. The summed E-state index contributed by atoms with van der Waals surface area (Å²) in [6, 6.07) is 7.04. The lowest BCUT2D eigenvalue weighted by molar-refractivity contribution is -0.133. The summed E-state index contributed by atoms with van der Waals surface area (Å²) in [5.41, 5.74) is 1.32. The van der Waals surface area contributed by atoms with Crippen molar-refractivity contribution in [1.82, 2.24) is 14.8 Å². The second-order valence-electron chi connectivity index (χ2n) is 4.37. The molecule has 108 valence electrons. The summed E-state index contributed by atoms with van der Waals surface area (Å²) >= 11 is 0. The molecule has 0 saturated carbocycles. The summed E-state index contributed by atoms with van der Waals surface area (Å²) in [5, 5.41) is 15.6. The van der Waals surface area contributed by atoms with E-state index < -0.39 is 11.9 Å². The van der Waals surface area contributed by atoms with E-state index in [1.165, 1.54) is 31.2 Å². The van der Waals surface area contributed by atoms with E-state index in [0.29, 0.717) is 11.4 Å². The zero-order chi connectivity index (χ0) is 15.4. The Morgan fingerprint density at radius 3 is 2.52 bits per heavy atom. The summed E-state index contributed by atoms with van der Waals surface area (Å²) in [6.45, 7) is 2.86. The number of aliphatic carboxylic acids is 1. The van der Waals surface area contributed by atoms with Crippen LogP contribution in [0.1, 0.15) is 13.8 Å². The second-order valence-corrected chi connectivity index (χ2v) is 4.37. The summed E-state index contributed by atoms with van der Waals surface area (Å²) in [6.07, 6.45) is 2.90. The van der Waals surface area contributed by atoms with Crippen molar-refractivity contribution in [3.63, 3.8) is 0 Å². The third kappa shape index (κ3) is 3.14. The molecule has 0 saturated heterocycles. The van der Waals surface area contributed by atoms with Gasteiger partial charge in [0.2, 0.25) is 0 Å². The van der Waals surface area contributed by atoms with Gasteiger partial charge < -0.3 is 10.4 Å². The number of carboxylic acids is 1. The van der Waals surface area contributed by atoms with Crippen molar-refractivity contribution in [2.24, 2.45) is 0 Å². The van der Waals surface area contributed by atoms with Crippen molar-refractivity contribution in [1.29, 1.82) is 0 Å². The molecule has 7 nitrogen and oxygen atoms in total. The van der Waals surface area contributed by atoms with E-state index in [-0.39, 0.29) is 11.1 Å². The maximum Gasteiger partial charge on any atom is 0.331 e. The summed E-state index contributed by atoms with van der Waals surface area (Å²) in [4.78, 5) is 26.9. The highest BCUT2D eigenvalue weighted by Crippen LogP contribution is 2.19. The van der Waals surface area contributed by atoms with E-state index in [1.54, 1.807) is 24.3 Å². The number of benzene rings is 1. The van der Waals surface area contributed by atoms with Gasteiger partial charge in [0, 0.05) is 11.1 Å². The summed E-state index contributed by atoms with van der Waals surface area (Å²) in [7, 11) is 0. The van der Waals surface area contributed by atoms with Gasteiger partial charge in [0.1, 0.15) is 12.7 Å². The first-order valence-corrected chi connectivity index (χ1v) is 6.17. The molecular formula is C14H14N4O3. The maximum absolute atomic E-state index is 12.1. The Balaban J connectivity index is 2.31. The Morgan fingerprint density at radius 1 is 1.19 bits per heavy atom. The van der Waals surface area contributed by atoms with Crippen LogP contribution in [0, 0.1) is 0 Å². The predicted octanol–water partition coefficient (Wildman–Crippen LogP) is 1.63. The highest BCUT2D eigenvalue weighted by Gasteiger charge is 2.14. The van der Waals surface area contributed by atoms with Gasteiger partial charge in [0.05, 0.1) is 11.4 Å². The normalized spacial score (nSPS) is 11.7. The smallest absolute Gasteiger partial charge is 0.331 e. The van der Waals surface area contributed by atoms with Crippen LogP contribution < -0.4 is 5.32 Å². The van der Waals surface area contributed by atoms with Crippen molar-refractivity contribution < 1.29 is 14.7 Å². The molecule has 0 spiro atoms. The highest BCUT2D eigenvalue weighted by atomic mass is 16.4. The Hall–Kier alpha value is -2.96. The standard InChI is InChI=1S/C14H14N4O3/c1-9(10(2)14(20)21)13(19)17-11-5-3-4-6-12(11)18-8-15-7-16-18/h3-8H,1-2H3,(H,17,19)(H,20,21). The van der Waals surface area contributed by atoms with Crippen LogP contribution in [-0.2, 0) is 9.59 Å². The van der Waals surface area contributed by atoms with Gasteiger partial charge in [-0.25, -0.2) is 14.5 Å². The van der Waals surface area contributed by atoms with Crippen LogP contribution in [0.4, 0.5) is 5.69 Å². The van der Waals surface area contributed by atoms with E-state index >= 15 is 0 Å². The molecule has 0 unspecified atom stereocenters. The van der Waals surface area contributed by atoms with Crippen LogP contribution in [-0.4, -0.2) is 31.7 Å².